The number of nitrogens with one attached hydrogen (secondary N) is 2. The highest BCUT2D eigenvalue weighted by atomic mass is 35.5. The van der Waals surface area contributed by atoms with Crippen LogP contribution in [0.1, 0.15) is 24.8 Å². The minimum atomic E-state index is -4.34. The van der Waals surface area contributed by atoms with E-state index in [-0.39, 0.29) is 22.4 Å². The van der Waals surface area contributed by atoms with Crippen LogP contribution in [0.25, 0.3) is 22.0 Å². The van der Waals surface area contributed by atoms with Crippen LogP contribution in [0.2, 0.25) is 5.02 Å². The molecule has 0 amide bonds. The quantitative estimate of drug-likeness (QED) is 0.0452. The van der Waals surface area contributed by atoms with Gasteiger partial charge in [0.1, 0.15) is 18.1 Å². The molecule has 2 aliphatic heterocycles. The number of aliphatic carboxylic acids is 1. The third-order valence-corrected chi connectivity index (χ3v) is 14.3. The highest BCUT2D eigenvalue weighted by Gasteiger charge is 2.31. The molecule has 0 aliphatic carbocycles. The van der Waals surface area contributed by atoms with Crippen molar-refractivity contribution < 1.29 is 23.2 Å². The number of aromatic nitrogens is 2. The lowest BCUT2D eigenvalue weighted by Gasteiger charge is -2.36. The Labute approximate surface area is 375 Å². The fraction of sp³-hybridized carbons (Fsp3) is 0.283. The molecule has 2 fully saturated rings. The van der Waals surface area contributed by atoms with Gasteiger partial charge in [-0.15, -0.1) is 11.8 Å². The standard InChI is InChI=1S/C46H47ClN8O6S2/c47-34-13-16-39(32-8-3-1-4-9-32)33(26-34)29-52-22-24-53(25-23-52)36-14-17-40-42(27-36)48-31-49-45(40)51-63(60,61)38-15-18-41(44(28-38)55(58)59)50-35(30-62-37-10-5-2-6-11-37)19-21-54-20-7-12-43(54)46(56)57/h1-6,8-11,13-18,26-28,31,35,43,50H,7,12,19-25,29-30H2,(H,56,57)(H,48,49,51). The number of hydrogen-bond donors (Lipinski definition) is 3. The van der Waals surface area contributed by atoms with Crippen LogP contribution in [0.5, 0.6) is 0 Å². The number of likely N-dealkylation sites (tertiary alicyclic amines) is 1. The molecule has 2 atom stereocenters. The van der Waals surface area contributed by atoms with Crippen LogP contribution in [0.15, 0.2) is 131 Å². The maximum atomic E-state index is 13.9. The van der Waals surface area contributed by atoms with Gasteiger partial charge in [0.15, 0.2) is 5.82 Å². The predicted molar refractivity (Wildman–Crippen MR) is 249 cm³/mol. The van der Waals surface area contributed by atoms with E-state index >= 15 is 0 Å². The van der Waals surface area contributed by atoms with Crippen LogP contribution in [0, 0.1) is 10.1 Å². The second-order valence-corrected chi connectivity index (χ2v) is 18.9. The molecule has 0 saturated carbocycles. The van der Waals surface area contributed by atoms with E-state index in [1.807, 2.05) is 77.7 Å². The number of halogens is 1. The number of nitro groups is 1. The SMILES string of the molecule is O=C(O)C1CCCN1CCC(CSc1ccccc1)Nc1ccc(S(=O)(=O)Nc2ncnc3cc(N4CCN(Cc5cc(Cl)ccc5-c5ccccc5)CC4)ccc23)cc1[N+](=O)[O-]. The molecular formula is C46H47ClN8O6S2. The molecular weight excluding hydrogens is 860 g/mol. The highest BCUT2D eigenvalue weighted by Crippen LogP contribution is 2.33. The third kappa shape index (κ3) is 10.7. The third-order valence-electron chi connectivity index (χ3n) is 11.6. The number of sulfonamides is 1. The van der Waals surface area contributed by atoms with Gasteiger partial charge in [0.2, 0.25) is 0 Å². The fourth-order valence-electron chi connectivity index (χ4n) is 8.28. The summed E-state index contributed by atoms with van der Waals surface area (Å²) in [5.41, 5.74) is 4.74. The van der Waals surface area contributed by atoms with Gasteiger partial charge in [-0.05, 0) is 97.1 Å². The van der Waals surface area contributed by atoms with E-state index in [0.717, 1.165) is 66.9 Å². The average Bonchev–Trinajstić information content (AvgIpc) is 3.77. The van der Waals surface area contributed by atoms with E-state index in [1.54, 1.807) is 17.8 Å². The second-order valence-electron chi connectivity index (χ2n) is 15.7. The van der Waals surface area contributed by atoms with Crippen molar-refractivity contribution in [2.24, 2.45) is 0 Å². The minimum absolute atomic E-state index is 0.0524. The Balaban J connectivity index is 0.945. The molecule has 17 heteroatoms. The monoisotopic (exact) mass is 906 g/mol. The molecule has 2 unspecified atom stereocenters. The van der Waals surface area contributed by atoms with Gasteiger partial charge in [-0.25, -0.2) is 18.4 Å². The second kappa shape index (κ2) is 19.7. The summed E-state index contributed by atoms with van der Waals surface area (Å²) >= 11 is 8.01. The molecule has 0 radical (unpaired) electrons. The Kier molecular flexibility index (Phi) is 13.7. The van der Waals surface area contributed by atoms with Gasteiger partial charge in [0.25, 0.3) is 15.7 Å². The highest BCUT2D eigenvalue weighted by molar-refractivity contribution is 7.99. The number of carboxylic acid groups (broad SMARTS) is 1. The fourth-order valence-corrected chi connectivity index (χ4v) is 10.5. The molecule has 3 N–H and O–H groups in total. The molecule has 14 nitrogen and oxygen atoms in total. The zero-order chi connectivity index (χ0) is 43.9. The zero-order valence-electron chi connectivity index (χ0n) is 34.3. The van der Waals surface area contributed by atoms with Crippen molar-refractivity contribution in [1.29, 1.82) is 0 Å². The van der Waals surface area contributed by atoms with E-state index in [4.69, 9.17) is 11.6 Å². The first kappa shape index (κ1) is 43.9. The first-order valence-corrected chi connectivity index (χ1v) is 23.6. The number of nitrogens with zero attached hydrogens (tertiary/aromatic N) is 6. The van der Waals surface area contributed by atoms with Crippen molar-refractivity contribution in [2.45, 2.75) is 47.7 Å². The van der Waals surface area contributed by atoms with Gasteiger partial charge in [-0.3, -0.25) is 29.4 Å². The van der Waals surface area contributed by atoms with Crippen LogP contribution < -0.4 is 14.9 Å². The van der Waals surface area contributed by atoms with Crippen LogP contribution in [-0.4, -0.2) is 101 Å². The smallest absolute Gasteiger partial charge is 0.320 e. The Morgan fingerprint density at radius 2 is 1.68 bits per heavy atom. The number of piperazine rings is 1. The molecule has 3 heterocycles. The summed E-state index contributed by atoms with van der Waals surface area (Å²) in [6, 6.07) is 34.6. The van der Waals surface area contributed by atoms with E-state index in [0.29, 0.717) is 47.6 Å². The van der Waals surface area contributed by atoms with Gasteiger partial charge >= 0.3 is 5.97 Å². The Morgan fingerprint density at radius 1 is 0.921 bits per heavy atom. The molecule has 0 spiro atoms. The van der Waals surface area contributed by atoms with Crippen molar-refractivity contribution in [1.82, 2.24) is 19.8 Å². The van der Waals surface area contributed by atoms with Crippen LogP contribution in [-0.2, 0) is 21.4 Å². The molecule has 0 bridgehead atoms. The molecule has 2 aliphatic rings. The van der Waals surface area contributed by atoms with E-state index in [1.165, 1.54) is 24.0 Å². The lowest BCUT2D eigenvalue weighted by atomic mass is 9.99. The Bertz CT molecular complexity index is 2690. The molecule has 8 rings (SSSR count). The average molecular weight is 908 g/mol. The first-order chi connectivity index (χ1) is 30.5. The maximum absolute atomic E-state index is 13.9. The number of rotatable bonds is 17. The van der Waals surface area contributed by atoms with Gasteiger partial charge in [0, 0.05) is 78.1 Å². The number of thioether (sulfide) groups is 1. The van der Waals surface area contributed by atoms with Crippen molar-refractivity contribution in [3.63, 3.8) is 0 Å². The Morgan fingerprint density at radius 3 is 2.43 bits per heavy atom. The summed E-state index contributed by atoms with van der Waals surface area (Å²) < 4.78 is 30.3. The van der Waals surface area contributed by atoms with Crippen LogP contribution in [0.3, 0.4) is 0 Å². The van der Waals surface area contributed by atoms with Crippen molar-refractivity contribution in [2.75, 3.05) is 60.0 Å². The summed E-state index contributed by atoms with van der Waals surface area (Å²) in [7, 11) is -4.34. The normalized spacial score (nSPS) is 16.5. The number of hydrogen-bond acceptors (Lipinski definition) is 12. The molecule has 6 aromatic rings. The summed E-state index contributed by atoms with van der Waals surface area (Å²) in [6.45, 7) is 5.12. The van der Waals surface area contributed by atoms with Crippen molar-refractivity contribution in [3.8, 4) is 11.1 Å². The lowest BCUT2D eigenvalue weighted by Crippen LogP contribution is -2.46. The van der Waals surface area contributed by atoms with Crippen molar-refractivity contribution in [3.05, 3.63) is 142 Å². The van der Waals surface area contributed by atoms with E-state index in [9.17, 15) is 28.4 Å². The topological polar surface area (TPSA) is 174 Å². The van der Waals surface area contributed by atoms with E-state index in [2.05, 4.69) is 48.0 Å². The summed E-state index contributed by atoms with van der Waals surface area (Å²) in [6.07, 6.45) is 3.17. The van der Waals surface area contributed by atoms with Crippen LogP contribution >= 0.6 is 23.4 Å². The molecule has 326 valence electrons. The zero-order valence-corrected chi connectivity index (χ0v) is 36.7. The summed E-state index contributed by atoms with van der Waals surface area (Å²) in [4.78, 5) is 39.7. The summed E-state index contributed by atoms with van der Waals surface area (Å²) in [5.74, 6) is -0.269. The van der Waals surface area contributed by atoms with Gasteiger partial charge < -0.3 is 15.3 Å². The number of fused-ring (bicyclic) bond motifs is 1. The number of nitro benzene ring substituents is 1. The number of carboxylic acids is 1. The maximum Gasteiger partial charge on any atom is 0.320 e. The summed E-state index contributed by atoms with van der Waals surface area (Å²) in [5, 5.41) is 26.6. The number of carbonyl (C=O) groups is 1. The van der Waals surface area contributed by atoms with Crippen molar-refractivity contribution >= 4 is 73.1 Å². The largest absolute Gasteiger partial charge is 0.480 e. The van der Waals surface area contributed by atoms with Gasteiger partial charge in [-0.1, -0.05) is 66.2 Å². The molecule has 2 saturated heterocycles. The Hall–Kier alpha value is -5.78. The molecule has 1 aromatic heterocycles. The van der Waals surface area contributed by atoms with Gasteiger partial charge in [-0.2, -0.15) is 0 Å². The molecule has 5 aromatic carbocycles. The van der Waals surface area contributed by atoms with Gasteiger partial charge in [0.05, 0.1) is 15.3 Å². The molecule has 63 heavy (non-hydrogen) atoms. The predicted octanol–water partition coefficient (Wildman–Crippen LogP) is 8.49. The number of benzene rings is 5. The van der Waals surface area contributed by atoms with E-state index < -0.39 is 32.6 Å². The van der Waals surface area contributed by atoms with Crippen LogP contribution in [0.4, 0.5) is 22.9 Å². The minimum Gasteiger partial charge on any atom is -0.480 e. The first-order valence-electron chi connectivity index (χ1n) is 20.8. The number of anilines is 3. The lowest BCUT2D eigenvalue weighted by molar-refractivity contribution is -0.384.